The molecule has 0 bridgehead atoms. The summed E-state index contributed by atoms with van der Waals surface area (Å²) < 4.78 is 39.9. The minimum absolute atomic E-state index is 0.0111. The van der Waals surface area contributed by atoms with E-state index in [0.29, 0.717) is 16.5 Å². The number of hydrogen-bond donors (Lipinski definition) is 2. The summed E-state index contributed by atoms with van der Waals surface area (Å²) >= 11 is 6.05. The van der Waals surface area contributed by atoms with Crippen LogP contribution in [-0.2, 0) is 0 Å². The first-order valence-corrected chi connectivity index (χ1v) is 7.17. The Bertz CT molecular complexity index is 889. The maximum atomic E-state index is 13.7. The standard InChI is InChI=1S/C16H10ClF3N4/c17-9-3-1-2-4-11(9)22-13-7-8-21-16(24-13)23-12-6-5-10(18)14(19)15(12)20/h1-8H,(H2,21,22,23,24). The third-order valence-corrected chi connectivity index (χ3v) is 3.40. The Hall–Kier alpha value is -2.80. The van der Waals surface area contributed by atoms with Crippen LogP contribution in [0.15, 0.2) is 48.7 Å². The van der Waals surface area contributed by atoms with E-state index in [1.807, 2.05) is 0 Å². The molecule has 0 unspecified atom stereocenters. The molecule has 1 aromatic heterocycles. The highest BCUT2D eigenvalue weighted by molar-refractivity contribution is 6.33. The minimum Gasteiger partial charge on any atom is -0.339 e. The second kappa shape index (κ2) is 6.76. The van der Waals surface area contributed by atoms with Crippen molar-refractivity contribution in [3.8, 4) is 0 Å². The fourth-order valence-electron chi connectivity index (χ4n) is 1.93. The molecule has 0 saturated heterocycles. The molecule has 0 radical (unpaired) electrons. The van der Waals surface area contributed by atoms with Gasteiger partial charge < -0.3 is 10.6 Å². The number of anilines is 4. The van der Waals surface area contributed by atoms with E-state index in [1.165, 1.54) is 6.20 Å². The van der Waals surface area contributed by atoms with Crippen LogP contribution in [0, 0.1) is 17.5 Å². The Labute approximate surface area is 140 Å². The molecule has 3 rings (SSSR count). The molecule has 2 N–H and O–H groups in total. The third kappa shape index (κ3) is 3.41. The van der Waals surface area contributed by atoms with Crippen molar-refractivity contribution in [2.75, 3.05) is 10.6 Å². The normalized spacial score (nSPS) is 10.5. The van der Waals surface area contributed by atoms with E-state index in [2.05, 4.69) is 20.6 Å². The number of nitrogens with one attached hydrogen (secondary N) is 2. The van der Waals surface area contributed by atoms with Gasteiger partial charge in [0.05, 0.1) is 16.4 Å². The van der Waals surface area contributed by atoms with Gasteiger partial charge in [0.25, 0.3) is 0 Å². The second-order valence-corrected chi connectivity index (χ2v) is 5.13. The van der Waals surface area contributed by atoms with Gasteiger partial charge in [-0.25, -0.2) is 18.2 Å². The quantitative estimate of drug-likeness (QED) is 0.648. The highest BCUT2D eigenvalue weighted by atomic mass is 35.5. The zero-order chi connectivity index (χ0) is 17.1. The number of nitrogens with zero attached hydrogens (tertiary/aromatic N) is 2. The van der Waals surface area contributed by atoms with Gasteiger partial charge in [0.1, 0.15) is 5.82 Å². The van der Waals surface area contributed by atoms with Gasteiger partial charge in [-0.05, 0) is 30.3 Å². The van der Waals surface area contributed by atoms with Gasteiger partial charge in [0.2, 0.25) is 5.95 Å². The summed E-state index contributed by atoms with van der Waals surface area (Å²) in [5.74, 6) is -3.78. The van der Waals surface area contributed by atoms with Crippen LogP contribution in [-0.4, -0.2) is 9.97 Å². The van der Waals surface area contributed by atoms with Crippen molar-refractivity contribution < 1.29 is 13.2 Å². The van der Waals surface area contributed by atoms with E-state index in [0.717, 1.165) is 12.1 Å². The van der Waals surface area contributed by atoms with Gasteiger partial charge in [-0.3, -0.25) is 0 Å². The fraction of sp³-hybridized carbons (Fsp3) is 0. The molecule has 1 heterocycles. The van der Waals surface area contributed by atoms with E-state index in [4.69, 9.17) is 11.6 Å². The van der Waals surface area contributed by atoms with Crippen molar-refractivity contribution in [1.29, 1.82) is 0 Å². The first-order chi connectivity index (χ1) is 11.5. The minimum atomic E-state index is -1.56. The zero-order valence-electron chi connectivity index (χ0n) is 12.0. The molecule has 0 saturated carbocycles. The van der Waals surface area contributed by atoms with Gasteiger partial charge in [-0.2, -0.15) is 4.98 Å². The number of halogens is 4. The van der Waals surface area contributed by atoms with Gasteiger partial charge >= 0.3 is 0 Å². The van der Waals surface area contributed by atoms with E-state index < -0.39 is 17.5 Å². The van der Waals surface area contributed by atoms with Crippen molar-refractivity contribution in [3.63, 3.8) is 0 Å². The topological polar surface area (TPSA) is 49.8 Å². The van der Waals surface area contributed by atoms with Crippen molar-refractivity contribution in [2.24, 2.45) is 0 Å². The smallest absolute Gasteiger partial charge is 0.229 e. The summed E-state index contributed by atoms with van der Waals surface area (Å²) in [5.41, 5.74) is 0.353. The Balaban J connectivity index is 1.84. The van der Waals surface area contributed by atoms with Crippen LogP contribution < -0.4 is 10.6 Å². The van der Waals surface area contributed by atoms with Crippen molar-refractivity contribution in [3.05, 3.63) is 71.1 Å². The summed E-state index contributed by atoms with van der Waals surface area (Å²) in [4.78, 5) is 8.04. The molecule has 0 fully saturated rings. The van der Waals surface area contributed by atoms with Crippen molar-refractivity contribution >= 4 is 34.7 Å². The van der Waals surface area contributed by atoms with Crippen LogP contribution in [0.2, 0.25) is 5.02 Å². The highest BCUT2D eigenvalue weighted by Gasteiger charge is 2.14. The van der Waals surface area contributed by atoms with Crippen molar-refractivity contribution in [1.82, 2.24) is 9.97 Å². The number of rotatable bonds is 4. The van der Waals surface area contributed by atoms with E-state index in [1.54, 1.807) is 30.3 Å². The Morgan fingerprint density at radius 3 is 2.42 bits per heavy atom. The van der Waals surface area contributed by atoms with Gasteiger partial charge in [0, 0.05) is 6.20 Å². The molecule has 0 atom stereocenters. The predicted octanol–water partition coefficient (Wildman–Crippen LogP) is 5.03. The van der Waals surface area contributed by atoms with Crippen LogP contribution in [0.5, 0.6) is 0 Å². The SMILES string of the molecule is Fc1ccc(Nc2nccc(Nc3ccccc3Cl)n2)c(F)c1F. The molecule has 0 aliphatic carbocycles. The third-order valence-electron chi connectivity index (χ3n) is 3.07. The molecule has 0 spiro atoms. The van der Waals surface area contributed by atoms with Crippen molar-refractivity contribution in [2.45, 2.75) is 0 Å². The molecule has 2 aromatic carbocycles. The average Bonchev–Trinajstić information content (AvgIpc) is 2.58. The fourth-order valence-corrected chi connectivity index (χ4v) is 2.11. The van der Waals surface area contributed by atoms with Gasteiger partial charge in [-0.1, -0.05) is 23.7 Å². The first kappa shape index (κ1) is 16.1. The lowest BCUT2D eigenvalue weighted by molar-refractivity contribution is 0.449. The largest absolute Gasteiger partial charge is 0.339 e. The molecule has 122 valence electrons. The summed E-state index contributed by atoms with van der Waals surface area (Å²) in [6.07, 6.45) is 1.42. The molecule has 0 amide bonds. The molecular weight excluding hydrogens is 341 g/mol. The Kier molecular flexibility index (Phi) is 4.52. The summed E-state index contributed by atoms with van der Waals surface area (Å²) in [6.45, 7) is 0. The molecule has 4 nitrogen and oxygen atoms in total. The van der Waals surface area contributed by atoms with Crippen LogP contribution in [0.1, 0.15) is 0 Å². The molecular formula is C16H10ClF3N4. The summed E-state index contributed by atoms with van der Waals surface area (Å²) in [7, 11) is 0. The van der Waals surface area contributed by atoms with Crippen LogP contribution in [0.4, 0.5) is 36.3 Å². The van der Waals surface area contributed by atoms with E-state index >= 15 is 0 Å². The molecule has 0 aliphatic heterocycles. The Morgan fingerprint density at radius 1 is 0.833 bits per heavy atom. The second-order valence-electron chi connectivity index (χ2n) is 4.72. The highest BCUT2D eigenvalue weighted by Crippen LogP contribution is 2.25. The van der Waals surface area contributed by atoms with Crippen LogP contribution in [0.3, 0.4) is 0 Å². The summed E-state index contributed by atoms with van der Waals surface area (Å²) in [6, 6.07) is 10.5. The van der Waals surface area contributed by atoms with Crippen LogP contribution in [0.25, 0.3) is 0 Å². The predicted molar refractivity (Wildman–Crippen MR) is 86.4 cm³/mol. The van der Waals surface area contributed by atoms with Gasteiger partial charge in [0.15, 0.2) is 17.5 Å². The van der Waals surface area contributed by atoms with E-state index in [9.17, 15) is 13.2 Å². The summed E-state index contributed by atoms with van der Waals surface area (Å²) in [5, 5.41) is 5.98. The van der Waals surface area contributed by atoms with Crippen LogP contribution >= 0.6 is 11.6 Å². The van der Waals surface area contributed by atoms with E-state index in [-0.39, 0.29) is 11.6 Å². The number of hydrogen-bond acceptors (Lipinski definition) is 4. The molecule has 3 aromatic rings. The number of para-hydroxylation sites is 1. The maximum absolute atomic E-state index is 13.7. The molecule has 24 heavy (non-hydrogen) atoms. The molecule has 0 aliphatic rings. The lowest BCUT2D eigenvalue weighted by atomic mass is 10.3. The van der Waals surface area contributed by atoms with Gasteiger partial charge in [-0.15, -0.1) is 0 Å². The number of aromatic nitrogens is 2. The lowest BCUT2D eigenvalue weighted by Crippen LogP contribution is -2.03. The average molecular weight is 351 g/mol. The Morgan fingerprint density at radius 2 is 1.62 bits per heavy atom. The monoisotopic (exact) mass is 350 g/mol. The zero-order valence-corrected chi connectivity index (χ0v) is 12.8. The molecule has 8 heteroatoms. The lowest BCUT2D eigenvalue weighted by Gasteiger charge is -2.10. The maximum Gasteiger partial charge on any atom is 0.229 e. The number of benzene rings is 2. The first-order valence-electron chi connectivity index (χ1n) is 6.79.